The molecule has 0 bridgehead atoms. The standard InChI is InChI=1S/C9H10N2S/c1-7-8(3-2-4-12)5-9(10)6-11-7/h5-6,12H,4,10H2,1H3. The van der Waals surface area contributed by atoms with Crippen LogP contribution in [-0.4, -0.2) is 10.7 Å². The van der Waals surface area contributed by atoms with Crippen LogP contribution in [-0.2, 0) is 0 Å². The van der Waals surface area contributed by atoms with Crippen LogP contribution in [0.1, 0.15) is 11.3 Å². The van der Waals surface area contributed by atoms with Crippen LogP contribution >= 0.6 is 12.6 Å². The van der Waals surface area contributed by atoms with Crippen molar-refractivity contribution in [1.82, 2.24) is 4.98 Å². The Bertz CT molecular complexity index is 336. The zero-order valence-corrected chi connectivity index (χ0v) is 7.73. The van der Waals surface area contributed by atoms with Gasteiger partial charge in [-0.1, -0.05) is 11.8 Å². The Morgan fingerprint density at radius 2 is 2.42 bits per heavy atom. The zero-order chi connectivity index (χ0) is 8.97. The highest BCUT2D eigenvalue weighted by Gasteiger charge is 1.95. The summed E-state index contributed by atoms with van der Waals surface area (Å²) in [4.78, 5) is 4.08. The fraction of sp³-hybridized carbons (Fsp3) is 0.222. The molecule has 0 radical (unpaired) electrons. The molecule has 12 heavy (non-hydrogen) atoms. The number of anilines is 1. The van der Waals surface area contributed by atoms with Gasteiger partial charge in [-0.3, -0.25) is 4.98 Å². The average Bonchev–Trinajstić information content (AvgIpc) is 2.07. The lowest BCUT2D eigenvalue weighted by atomic mass is 10.2. The van der Waals surface area contributed by atoms with Crippen LogP contribution in [0.5, 0.6) is 0 Å². The van der Waals surface area contributed by atoms with Crippen LogP contribution in [0.2, 0.25) is 0 Å². The van der Waals surface area contributed by atoms with Crippen molar-refractivity contribution in [2.75, 3.05) is 11.5 Å². The number of thiol groups is 1. The molecule has 0 aliphatic heterocycles. The molecule has 1 heterocycles. The third-order valence-electron chi connectivity index (χ3n) is 1.41. The summed E-state index contributed by atoms with van der Waals surface area (Å²) in [7, 11) is 0. The minimum Gasteiger partial charge on any atom is -0.397 e. The maximum Gasteiger partial charge on any atom is 0.0530 e. The SMILES string of the molecule is Cc1ncc(N)cc1C#CCS. The summed E-state index contributed by atoms with van der Waals surface area (Å²) >= 11 is 3.99. The predicted molar refractivity (Wildman–Crippen MR) is 54.1 cm³/mol. The molecule has 0 aliphatic carbocycles. The number of hydrogen-bond acceptors (Lipinski definition) is 3. The monoisotopic (exact) mass is 178 g/mol. The smallest absolute Gasteiger partial charge is 0.0530 e. The Kier molecular flexibility index (Phi) is 3.01. The quantitative estimate of drug-likeness (QED) is 0.463. The molecule has 62 valence electrons. The van der Waals surface area contributed by atoms with E-state index < -0.39 is 0 Å². The molecule has 0 aliphatic rings. The lowest BCUT2D eigenvalue weighted by Gasteiger charge is -1.97. The minimum atomic E-state index is 0.550. The first-order valence-corrected chi connectivity index (χ1v) is 4.19. The van der Waals surface area contributed by atoms with E-state index in [9.17, 15) is 0 Å². The van der Waals surface area contributed by atoms with E-state index in [0.29, 0.717) is 11.4 Å². The Labute approximate surface area is 77.6 Å². The number of nitrogens with zero attached hydrogens (tertiary/aromatic N) is 1. The van der Waals surface area contributed by atoms with Gasteiger partial charge in [-0.25, -0.2) is 0 Å². The fourth-order valence-electron chi connectivity index (χ4n) is 0.811. The molecule has 3 heteroatoms. The number of aromatic nitrogens is 1. The molecule has 0 saturated carbocycles. The topological polar surface area (TPSA) is 38.9 Å². The fourth-order valence-corrected chi connectivity index (χ4v) is 0.890. The van der Waals surface area contributed by atoms with Gasteiger partial charge in [-0.2, -0.15) is 12.6 Å². The first-order chi connectivity index (χ1) is 5.74. The summed E-state index contributed by atoms with van der Waals surface area (Å²) in [6.07, 6.45) is 1.63. The highest BCUT2D eigenvalue weighted by Crippen LogP contribution is 2.07. The summed E-state index contributed by atoms with van der Waals surface area (Å²) < 4.78 is 0. The second-order valence-corrected chi connectivity index (χ2v) is 2.68. The molecule has 0 unspecified atom stereocenters. The number of hydrogen-bond donors (Lipinski definition) is 2. The second kappa shape index (κ2) is 4.03. The Morgan fingerprint density at radius 3 is 3.08 bits per heavy atom. The van der Waals surface area contributed by atoms with E-state index in [-0.39, 0.29) is 0 Å². The Hall–Kier alpha value is -1.14. The van der Waals surface area contributed by atoms with Crippen LogP contribution in [0.15, 0.2) is 12.3 Å². The second-order valence-electron chi connectivity index (χ2n) is 2.36. The maximum atomic E-state index is 5.55. The molecule has 0 aromatic carbocycles. The lowest BCUT2D eigenvalue weighted by Crippen LogP contribution is -1.92. The van der Waals surface area contributed by atoms with Crippen molar-refractivity contribution in [2.24, 2.45) is 0 Å². The molecule has 1 rings (SSSR count). The van der Waals surface area contributed by atoms with Crippen molar-refractivity contribution in [2.45, 2.75) is 6.92 Å². The van der Waals surface area contributed by atoms with Gasteiger partial charge in [0.1, 0.15) is 0 Å². The van der Waals surface area contributed by atoms with E-state index in [1.165, 1.54) is 0 Å². The summed E-state index contributed by atoms with van der Waals surface area (Å²) in [5, 5.41) is 0. The highest BCUT2D eigenvalue weighted by atomic mass is 32.1. The van der Waals surface area contributed by atoms with Crippen molar-refractivity contribution in [3.8, 4) is 11.8 Å². The number of aryl methyl sites for hydroxylation is 1. The van der Waals surface area contributed by atoms with Crippen molar-refractivity contribution >= 4 is 18.3 Å². The maximum absolute atomic E-state index is 5.55. The van der Waals surface area contributed by atoms with Gasteiger partial charge in [0.2, 0.25) is 0 Å². The molecule has 0 amide bonds. The van der Waals surface area contributed by atoms with Crippen molar-refractivity contribution in [3.63, 3.8) is 0 Å². The number of nitrogen functional groups attached to an aromatic ring is 1. The molecule has 1 aromatic heterocycles. The van der Waals surface area contributed by atoms with E-state index in [1.54, 1.807) is 6.20 Å². The molecule has 2 nitrogen and oxygen atoms in total. The molecular weight excluding hydrogens is 168 g/mol. The number of rotatable bonds is 0. The van der Waals surface area contributed by atoms with Gasteiger partial charge in [0.15, 0.2) is 0 Å². The van der Waals surface area contributed by atoms with Gasteiger partial charge < -0.3 is 5.73 Å². The largest absolute Gasteiger partial charge is 0.397 e. The summed E-state index contributed by atoms with van der Waals surface area (Å²) in [5.74, 6) is 6.34. The summed E-state index contributed by atoms with van der Waals surface area (Å²) in [6.45, 7) is 1.90. The molecule has 0 atom stereocenters. The van der Waals surface area contributed by atoms with Gasteiger partial charge in [-0.15, -0.1) is 0 Å². The van der Waals surface area contributed by atoms with Crippen LogP contribution in [0.4, 0.5) is 5.69 Å². The lowest BCUT2D eigenvalue weighted by molar-refractivity contribution is 1.19. The number of nitrogens with two attached hydrogens (primary N) is 1. The predicted octanol–water partition coefficient (Wildman–Crippen LogP) is 1.25. The van der Waals surface area contributed by atoms with Gasteiger partial charge >= 0.3 is 0 Å². The van der Waals surface area contributed by atoms with Gasteiger partial charge in [0, 0.05) is 5.56 Å². The van der Waals surface area contributed by atoms with Crippen LogP contribution in [0.25, 0.3) is 0 Å². The van der Waals surface area contributed by atoms with Gasteiger partial charge in [-0.05, 0) is 13.0 Å². The Balaban J connectivity index is 3.05. The Morgan fingerprint density at radius 1 is 1.67 bits per heavy atom. The van der Waals surface area contributed by atoms with E-state index in [2.05, 4.69) is 29.5 Å². The first kappa shape index (κ1) is 8.95. The molecule has 2 N–H and O–H groups in total. The molecular formula is C9H10N2S. The minimum absolute atomic E-state index is 0.550. The van der Waals surface area contributed by atoms with Gasteiger partial charge in [0.25, 0.3) is 0 Å². The van der Waals surface area contributed by atoms with Crippen molar-refractivity contribution in [1.29, 1.82) is 0 Å². The number of pyridine rings is 1. The molecule has 1 aromatic rings. The third kappa shape index (κ3) is 2.18. The van der Waals surface area contributed by atoms with Crippen LogP contribution in [0, 0.1) is 18.8 Å². The van der Waals surface area contributed by atoms with E-state index >= 15 is 0 Å². The van der Waals surface area contributed by atoms with Crippen molar-refractivity contribution in [3.05, 3.63) is 23.5 Å². The van der Waals surface area contributed by atoms with Crippen LogP contribution < -0.4 is 5.73 Å². The van der Waals surface area contributed by atoms with E-state index in [1.807, 2.05) is 13.0 Å². The zero-order valence-electron chi connectivity index (χ0n) is 6.83. The molecule has 0 saturated heterocycles. The highest BCUT2D eigenvalue weighted by molar-refractivity contribution is 7.80. The van der Waals surface area contributed by atoms with E-state index in [4.69, 9.17) is 5.73 Å². The summed E-state index contributed by atoms with van der Waals surface area (Å²) in [5.41, 5.74) is 7.97. The first-order valence-electron chi connectivity index (χ1n) is 3.56. The normalized spacial score (nSPS) is 8.83. The average molecular weight is 178 g/mol. The van der Waals surface area contributed by atoms with E-state index in [0.717, 1.165) is 11.3 Å². The van der Waals surface area contributed by atoms with Crippen LogP contribution in [0.3, 0.4) is 0 Å². The van der Waals surface area contributed by atoms with Gasteiger partial charge in [0.05, 0.1) is 23.3 Å². The van der Waals surface area contributed by atoms with Crippen molar-refractivity contribution < 1.29 is 0 Å². The third-order valence-corrected chi connectivity index (χ3v) is 1.57. The molecule has 0 fully saturated rings. The summed E-state index contributed by atoms with van der Waals surface area (Å²) in [6, 6.07) is 1.82. The molecule has 0 spiro atoms.